The highest BCUT2D eigenvalue weighted by Crippen LogP contribution is 2.13. The van der Waals surface area contributed by atoms with Crippen LogP contribution >= 0.6 is 0 Å². The number of aryl methyl sites for hydroxylation is 1. The lowest BCUT2D eigenvalue weighted by molar-refractivity contribution is -0.131. The Morgan fingerprint density at radius 2 is 1.64 bits per heavy atom. The highest BCUT2D eigenvalue weighted by atomic mass is 16.5. The van der Waals surface area contributed by atoms with E-state index >= 15 is 0 Å². The highest BCUT2D eigenvalue weighted by Gasteiger charge is 2.19. The van der Waals surface area contributed by atoms with Crippen molar-refractivity contribution >= 4 is 17.8 Å². The van der Waals surface area contributed by atoms with Crippen molar-refractivity contribution in [1.29, 1.82) is 0 Å². The highest BCUT2D eigenvalue weighted by molar-refractivity contribution is 5.97. The number of primary amides is 1. The van der Waals surface area contributed by atoms with Crippen molar-refractivity contribution in [2.24, 2.45) is 5.73 Å². The molecule has 0 saturated carbocycles. The minimum absolute atomic E-state index is 0.312. The molecule has 2 amide bonds. The van der Waals surface area contributed by atoms with E-state index in [1.54, 1.807) is 0 Å². The summed E-state index contributed by atoms with van der Waals surface area (Å²) in [5.41, 5.74) is 7.76. The summed E-state index contributed by atoms with van der Waals surface area (Å²) in [6.07, 6.45) is 0.312. The third-order valence-corrected chi connectivity index (χ3v) is 3.59. The van der Waals surface area contributed by atoms with E-state index in [4.69, 9.17) is 10.5 Å². The molecule has 0 aliphatic rings. The van der Waals surface area contributed by atoms with Crippen LogP contribution in [0.2, 0.25) is 0 Å². The molecule has 2 aromatic rings. The first kappa shape index (κ1) is 18.2. The van der Waals surface area contributed by atoms with Crippen LogP contribution in [-0.4, -0.2) is 23.8 Å². The Balaban J connectivity index is 2.05. The Bertz CT molecular complexity index is 767. The molecule has 0 aromatic heterocycles. The van der Waals surface area contributed by atoms with Gasteiger partial charge in [0, 0.05) is 18.9 Å². The van der Waals surface area contributed by atoms with Crippen molar-refractivity contribution in [2.45, 2.75) is 26.3 Å². The van der Waals surface area contributed by atoms with Gasteiger partial charge in [-0.05, 0) is 36.8 Å². The topological polar surface area (TPSA) is 98.5 Å². The number of hydrogen-bond donors (Lipinski definition) is 2. The van der Waals surface area contributed by atoms with Crippen molar-refractivity contribution < 1.29 is 19.1 Å². The number of ether oxygens (including phenoxy) is 1. The van der Waals surface area contributed by atoms with Gasteiger partial charge in [0.05, 0.1) is 0 Å². The monoisotopic (exact) mass is 340 g/mol. The molecule has 6 heteroatoms. The van der Waals surface area contributed by atoms with Crippen molar-refractivity contribution in [1.82, 2.24) is 5.32 Å². The third-order valence-electron chi connectivity index (χ3n) is 3.59. The first-order valence-electron chi connectivity index (χ1n) is 7.79. The molecular weight excluding hydrogens is 320 g/mol. The zero-order chi connectivity index (χ0) is 18.4. The molecule has 0 heterocycles. The number of benzene rings is 2. The fourth-order valence-corrected chi connectivity index (χ4v) is 2.26. The SMILES string of the molecule is CC(=O)Oc1ccc(C(=O)N[C@@H](Cc2ccc(C)cc2)C(N)=O)cc1. The van der Waals surface area contributed by atoms with Gasteiger partial charge in [0.2, 0.25) is 5.91 Å². The molecule has 25 heavy (non-hydrogen) atoms. The van der Waals surface area contributed by atoms with Gasteiger partial charge in [-0.1, -0.05) is 29.8 Å². The van der Waals surface area contributed by atoms with Crippen LogP contribution in [0, 0.1) is 6.92 Å². The minimum atomic E-state index is -0.816. The molecule has 0 unspecified atom stereocenters. The summed E-state index contributed by atoms with van der Waals surface area (Å²) in [7, 11) is 0. The van der Waals surface area contributed by atoms with Gasteiger partial charge in [-0.15, -0.1) is 0 Å². The molecule has 2 rings (SSSR count). The average molecular weight is 340 g/mol. The molecule has 130 valence electrons. The fraction of sp³-hybridized carbons (Fsp3) is 0.211. The first-order valence-corrected chi connectivity index (χ1v) is 7.79. The van der Waals surface area contributed by atoms with Gasteiger partial charge in [-0.3, -0.25) is 14.4 Å². The molecule has 0 aliphatic carbocycles. The molecule has 0 spiro atoms. The number of amides is 2. The Morgan fingerprint density at radius 3 is 2.16 bits per heavy atom. The van der Waals surface area contributed by atoms with Crippen LogP contribution in [0.25, 0.3) is 0 Å². The molecule has 0 bridgehead atoms. The van der Waals surface area contributed by atoms with Crippen LogP contribution in [0.1, 0.15) is 28.4 Å². The predicted octanol–water partition coefficient (Wildman–Crippen LogP) is 1.75. The predicted molar refractivity (Wildman–Crippen MR) is 93.1 cm³/mol. The number of nitrogens with one attached hydrogen (secondary N) is 1. The summed E-state index contributed by atoms with van der Waals surface area (Å²) >= 11 is 0. The van der Waals surface area contributed by atoms with Crippen molar-refractivity contribution in [2.75, 3.05) is 0 Å². The lowest BCUT2D eigenvalue weighted by atomic mass is 10.0. The number of esters is 1. The summed E-state index contributed by atoms with van der Waals surface area (Å²) in [4.78, 5) is 34.9. The van der Waals surface area contributed by atoms with Gasteiger partial charge in [-0.2, -0.15) is 0 Å². The van der Waals surface area contributed by atoms with Crippen molar-refractivity contribution in [3.8, 4) is 5.75 Å². The van der Waals surface area contributed by atoms with E-state index in [0.717, 1.165) is 11.1 Å². The minimum Gasteiger partial charge on any atom is -0.427 e. The van der Waals surface area contributed by atoms with E-state index < -0.39 is 23.8 Å². The summed E-state index contributed by atoms with van der Waals surface area (Å²) < 4.78 is 4.91. The van der Waals surface area contributed by atoms with Crippen LogP contribution in [0.15, 0.2) is 48.5 Å². The Morgan fingerprint density at radius 1 is 1.04 bits per heavy atom. The van der Waals surface area contributed by atoms with E-state index in [9.17, 15) is 14.4 Å². The van der Waals surface area contributed by atoms with Crippen LogP contribution in [0.4, 0.5) is 0 Å². The lowest BCUT2D eigenvalue weighted by Gasteiger charge is -2.16. The maximum absolute atomic E-state index is 12.3. The van der Waals surface area contributed by atoms with Gasteiger partial charge in [0.1, 0.15) is 11.8 Å². The van der Waals surface area contributed by atoms with E-state index in [1.165, 1.54) is 31.2 Å². The smallest absolute Gasteiger partial charge is 0.308 e. The molecule has 1 atom stereocenters. The molecule has 0 fully saturated rings. The maximum Gasteiger partial charge on any atom is 0.308 e. The van der Waals surface area contributed by atoms with E-state index in [2.05, 4.69) is 5.32 Å². The normalized spacial score (nSPS) is 11.4. The zero-order valence-electron chi connectivity index (χ0n) is 14.1. The molecule has 6 nitrogen and oxygen atoms in total. The van der Waals surface area contributed by atoms with Gasteiger partial charge >= 0.3 is 5.97 Å². The molecular formula is C19H20N2O4. The molecule has 2 aromatic carbocycles. The maximum atomic E-state index is 12.3. The zero-order valence-corrected chi connectivity index (χ0v) is 14.1. The lowest BCUT2D eigenvalue weighted by Crippen LogP contribution is -2.45. The fourth-order valence-electron chi connectivity index (χ4n) is 2.26. The number of carbonyl (C=O) groups is 3. The Hall–Kier alpha value is -3.15. The number of nitrogens with two attached hydrogens (primary N) is 1. The average Bonchev–Trinajstić information content (AvgIpc) is 2.56. The van der Waals surface area contributed by atoms with E-state index in [1.807, 2.05) is 31.2 Å². The molecule has 0 radical (unpaired) electrons. The third kappa shape index (κ3) is 5.46. The molecule has 0 saturated heterocycles. The molecule has 3 N–H and O–H groups in total. The number of rotatable bonds is 6. The van der Waals surface area contributed by atoms with Crippen LogP contribution in [0.3, 0.4) is 0 Å². The second-order valence-corrected chi connectivity index (χ2v) is 5.74. The van der Waals surface area contributed by atoms with E-state index in [0.29, 0.717) is 17.7 Å². The summed E-state index contributed by atoms with van der Waals surface area (Å²) in [5.74, 6) is -1.13. The quantitative estimate of drug-likeness (QED) is 0.618. The van der Waals surface area contributed by atoms with Crippen LogP contribution in [0.5, 0.6) is 5.75 Å². The summed E-state index contributed by atoms with van der Waals surface area (Å²) in [5, 5.41) is 2.63. The largest absolute Gasteiger partial charge is 0.427 e. The Labute approximate surface area is 146 Å². The molecule has 0 aliphatic heterocycles. The van der Waals surface area contributed by atoms with Crippen LogP contribution in [-0.2, 0) is 16.0 Å². The second kappa shape index (κ2) is 8.10. The van der Waals surface area contributed by atoms with Crippen molar-refractivity contribution in [3.63, 3.8) is 0 Å². The second-order valence-electron chi connectivity index (χ2n) is 5.74. The van der Waals surface area contributed by atoms with Gasteiger partial charge in [0.25, 0.3) is 5.91 Å². The summed E-state index contributed by atoms with van der Waals surface area (Å²) in [6, 6.07) is 12.9. The summed E-state index contributed by atoms with van der Waals surface area (Å²) in [6.45, 7) is 3.26. The van der Waals surface area contributed by atoms with Gasteiger partial charge < -0.3 is 15.8 Å². The first-order chi connectivity index (χ1) is 11.8. The van der Waals surface area contributed by atoms with E-state index in [-0.39, 0.29) is 0 Å². The Kier molecular flexibility index (Phi) is 5.89. The standard InChI is InChI=1S/C19H20N2O4/c1-12-3-5-14(6-4-12)11-17(18(20)23)21-19(24)15-7-9-16(10-8-15)25-13(2)22/h3-10,17H,11H2,1-2H3,(H2,20,23)(H,21,24)/t17-/m0/s1. The van der Waals surface area contributed by atoms with Gasteiger partial charge in [-0.25, -0.2) is 0 Å². The number of hydrogen-bond acceptors (Lipinski definition) is 4. The van der Waals surface area contributed by atoms with Crippen molar-refractivity contribution in [3.05, 3.63) is 65.2 Å². The number of carbonyl (C=O) groups excluding carboxylic acids is 3. The van der Waals surface area contributed by atoms with Crippen LogP contribution < -0.4 is 15.8 Å². The van der Waals surface area contributed by atoms with Gasteiger partial charge in [0.15, 0.2) is 0 Å².